The van der Waals surface area contributed by atoms with Gasteiger partial charge in [-0.15, -0.1) is 0 Å². The number of aromatic nitrogens is 1. The number of aliphatic hydroxyl groups is 1. The molecule has 5 nitrogen and oxygen atoms in total. The van der Waals surface area contributed by atoms with Crippen molar-refractivity contribution < 1.29 is 9.90 Å². The Hall–Kier alpha value is -3.05. The van der Waals surface area contributed by atoms with E-state index in [1.165, 1.54) is 4.90 Å². The summed E-state index contributed by atoms with van der Waals surface area (Å²) in [6.45, 7) is 0.544. The fourth-order valence-corrected chi connectivity index (χ4v) is 3.50. The second-order valence-corrected chi connectivity index (χ2v) is 6.59. The van der Waals surface area contributed by atoms with Crippen molar-refractivity contribution in [1.82, 2.24) is 14.8 Å². The van der Waals surface area contributed by atoms with Crippen molar-refractivity contribution in [2.45, 2.75) is 12.8 Å². The van der Waals surface area contributed by atoms with Gasteiger partial charge in [0.25, 0.3) is 5.91 Å². The largest absolute Gasteiger partial charge is 0.380 e. The number of nitrogens with zero attached hydrogens (tertiary/aromatic N) is 2. The van der Waals surface area contributed by atoms with Gasteiger partial charge in [-0.05, 0) is 11.6 Å². The molecule has 1 atom stereocenters. The Kier molecular flexibility index (Phi) is 4.01. The van der Waals surface area contributed by atoms with Crippen molar-refractivity contribution in [2.75, 3.05) is 7.05 Å². The molecule has 1 amide bonds. The number of para-hydroxylation sites is 1. The standard InChI is InChI=1S/C21H21N3O2/c1-23-13-16(15-10-6-7-11-17(15)23)18-19(21(26)24(2)20(18)25)22-12-14-8-4-3-5-9-14/h3-11,13,21-22,26H,12H2,1-2H3. The predicted octanol–water partition coefficient (Wildman–Crippen LogP) is 2.47. The molecule has 0 spiro atoms. The lowest BCUT2D eigenvalue weighted by atomic mass is 10.0. The summed E-state index contributed by atoms with van der Waals surface area (Å²) in [4.78, 5) is 14.2. The first kappa shape index (κ1) is 16.4. The van der Waals surface area contributed by atoms with Crippen LogP contribution in [-0.4, -0.2) is 33.8 Å². The number of fused-ring (bicyclic) bond motifs is 1. The van der Waals surface area contributed by atoms with Crippen LogP contribution in [0, 0.1) is 0 Å². The molecule has 0 aliphatic carbocycles. The van der Waals surface area contributed by atoms with Crippen molar-refractivity contribution in [3.05, 3.63) is 77.6 Å². The highest BCUT2D eigenvalue weighted by molar-refractivity contribution is 6.25. The number of likely N-dealkylation sites (N-methyl/N-ethyl adjacent to an activating group) is 1. The third kappa shape index (κ3) is 2.57. The lowest BCUT2D eigenvalue weighted by molar-refractivity contribution is -0.128. The number of aliphatic hydroxyl groups excluding tert-OH is 1. The molecule has 1 unspecified atom stereocenters. The van der Waals surface area contributed by atoms with E-state index in [9.17, 15) is 9.90 Å². The van der Waals surface area contributed by atoms with E-state index in [1.807, 2.05) is 72.4 Å². The molecule has 2 heterocycles. The maximum absolute atomic E-state index is 12.8. The van der Waals surface area contributed by atoms with Crippen molar-refractivity contribution in [3.63, 3.8) is 0 Å². The Labute approximate surface area is 152 Å². The monoisotopic (exact) mass is 347 g/mol. The second kappa shape index (κ2) is 6.35. The molecular formula is C21H21N3O2. The molecular weight excluding hydrogens is 326 g/mol. The number of carbonyl (C=O) groups is 1. The van der Waals surface area contributed by atoms with Crippen LogP contribution in [0.1, 0.15) is 11.1 Å². The average Bonchev–Trinajstić information content (AvgIpc) is 3.10. The van der Waals surface area contributed by atoms with Gasteiger partial charge >= 0.3 is 0 Å². The quantitative estimate of drug-likeness (QED) is 0.762. The number of hydrogen-bond acceptors (Lipinski definition) is 3. The summed E-state index contributed by atoms with van der Waals surface area (Å²) in [5.74, 6) is -0.176. The summed E-state index contributed by atoms with van der Waals surface area (Å²) < 4.78 is 2.00. The first-order valence-electron chi connectivity index (χ1n) is 8.59. The number of aryl methyl sites for hydroxylation is 1. The van der Waals surface area contributed by atoms with Gasteiger partial charge in [0.15, 0.2) is 6.23 Å². The fraction of sp³-hybridized carbons (Fsp3) is 0.190. The third-order valence-electron chi connectivity index (χ3n) is 4.92. The number of benzene rings is 2. The molecule has 0 bridgehead atoms. The lowest BCUT2D eigenvalue weighted by Gasteiger charge is -2.18. The summed E-state index contributed by atoms with van der Waals surface area (Å²) in [6.07, 6.45) is 0.980. The van der Waals surface area contributed by atoms with Gasteiger partial charge in [-0.2, -0.15) is 0 Å². The zero-order valence-electron chi connectivity index (χ0n) is 14.8. The molecule has 4 rings (SSSR count). The fourth-order valence-electron chi connectivity index (χ4n) is 3.50. The van der Waals surface area contributed by atoms with Gasteiger partial charge in [0.1, 0.15) is 0 Å². The Bertz CT molecular complexity index is 1000. The van der Waals surface area contributed by atoms with Gasteiger partial charge in [0, 0.05) is 43.3 Å². The van der Waals surface area contributed by atoms with Crippen LogP contribution in [0.5, 0.6) is 0 Å². The Morgan fingerprint density at radius 1 is 1.04 bits per heavy atom. The van der Waals surface area contributed by atoms with Crippen LogP contribution in [0.15, 0.2) is 66.5 Å². The van der Waals surface area contributed by atoms with Gasteiger partial charge in [-0.25, -0.2) is 0 Å². The maximum atomic E-state index is 12.8. The minimum atomic E-state index is -0.972. The summed E-state index contributed by atoms with van der Waals surface area (Å²) in [7, 11) is 3.58. The highest BCUT2D eigenvalue weighted by Crippen LogP contribution is 2.34. The zero-order chi connectivity index (χ0) is 18.3. The van der Waals surface area contributed by atoms with Gasteiger partial charge < -0.3 is 19.9 Å². The normalized spacial score (nSPS) is 17.4. The summed E-state index contributed by atoms with van der Waals surface area (Å²) >= 11 is 0. The Morgan fingerprint density at radius 3 is 2.50 bits per heavy atom. The predicted molar refractivity (Wildman–Crippen MR) is 102 cm³/mol. The molecule has 3 aromatic rings. The average molecular weight is 347 g/mol. The molecule has 1 aliphatic heterocycles. The molecule has 2 N–H and O–H groups in total. The molecule has 0 saturated heterocycles. The molecule has 0 saturated carbocycles. The summed E-state index contributed by atoms with van der Waals surface area (Å²) in [6, 6.07) is 17.9. The highest BCUT2D eigenvalue weighted by Gasteiger charge is 2.37. The van der Waals surface area contributed by atoms with Gasteiger partial charge in [0.2, 0.25) is 0 Å². The van der Waals surface area contributed by atoms with Crippen molar-refractivity contribution >= 4 is 22.4 Å². The zero-order valence-corrected chi connectivity index (χ0v) is 14.8. The van der Waals surface area contributed by atoms with Crippen LogP contribution in [-0.2, 0) is 18.4 Å². The highest BCUT2D eigenvalue weighted by atomic mass is 16.3. The smallest absolute Gasteiger partial charge is 0.258 e. The molecule has 1 aromatic heterocycles. The Morgan fingerprint density at radius 2 is 1.73 bits per heavy atom. The van der Waals surface area contributed by atoms with Crippen LogP contribution in [0.4, 0.5) is 0 Å². The lowest BCUT2D eigenvalue weighted by Crippen LogP contribution is -2.34. The van der Waals surface area contributed by atoms with E-state index in [0.717, 1.165) is 22.0 Å². The van der Waals surface area contributed by atoms with E-state index in [0.29, 0.717) is 17.8 Å². The molecule has 0 fully saturated rings. The molecule has 2 aromatic carbocycles. The number of nitrogens with one attached hydrogen (secondary N) is 1. The molecule has 0 radical (unpaired) electrons. The molecule has 26 heavy (non-hydrogen) atoms. The van der Waals surface area contributed by atoms with Gasteiger partial charge in [-0.1, -0.05) is 48.5 Å². The third-order valence-corrected chi connectivity index (χ3v) is 4.92. The SMILES string of the molecule is CN1C(=O)C(c2cn(C)c3ccccc23)=C(NCc2ccccc2)C1O. The summed E-state index contributed by atoms with van der Waals surface area (Å²) in [5, 5.41) is 14.9. The van der Waals surface area contributed by atoms with Crippen molar-refractivity contribution in [3.8, 4) is 0 Å². The van der Waals surface area contributed by atoms with Crippen LogP contribution in [0.25, 0.3) is 16.5 Å². The Balaban J connectivity index is 1.80. The van der Waals surface area contributed by atoms with E-state index in [4.69, 9.17) is 0 Å². The first-order valence-corrected chi connectivity index (χ1v) is 8.59. The number of rotatable bonds is 4. The molecule has 132 valence electrons. The van der Waals surface area contributed by atoms with Crippen LogP contribution >= 0.6 is 0 Å². The number of carbonyl (C=O) groups excluding carboxylic acids is 1. The second-order valence-electron chi connectivity index (χ2n) is 6.59. The minimum absolute atomic E-state index is 0.176. The van der Waals surface area contributed by atoms with E-state index in [-0.39, 0.29) is 5.91 Å². The minimum Gasteiger partial charge on any atom is -0.380 e. The molecule has 1 aliphatic rings. The number of amides is 1. The van der Waals surface area contributed by atoms with Gasteiger partial charge in [-0.3, -0.25) is 4.79 Å². The topological polar surface area (TPSA) is 57.5 Å². The van der Waals surface area contributed by atoms with E-state index < -0.39 is 6.23 Å². The van der Waals surface area contributed by atoms with Crippen molar-refractivity contribution in [2.24, 2.45) is 7.05 Å². The van der Waals surface area contributed by atoms with E-state index in [1.54, 1.807) is 7.05 Å². The van der Waals surface area contributed by atoms with Gasteiger partial charge in [0.05, 0.1) is 11.3 Å². The van der Waals surface area contributed by atoms with Crippen LogP contribution < -0.4 is 5.32 Å². The van der Waals surface area contributed by atoms with E-state index in [2.05, 4.69) is 5.32 Å². The van der Waals surface area contributed by atoms with Crippen LogP contribution in [0.2, 0.25) is 0 Å². The summed E-state index contributed by atoms with van der Waals surface area (Å²) in [5.41, 5.74) is 4.07. The van der Waals surface area contributed by atoms with Crippen LogP contribution in [0.3, 0.4) is 0 Å². The number of hydrogen-bond donors (Lipinski definition) is 2. The maximum Gasteiger partial charge on any atom is 0.258 e. The van der Waals surface area contributed by atoms with E-state index >= 15 is 0 Å². The van der Waals surface area contributed by atoms with Crippen molar-refractivity contribution in [1.29, 1.82) is 0 Å². The first-order chi connectivity index (χ1) is 12.6. The molecule has 5 heteroatoms.